The molecule has 1 heterocycles. The van der Waals surface area contributed by atoms with Crippen molar-refractivity contribution in [2.45, 2.75) is 25.5 Å². The summed E-state index contributed by atoms with van der Waals surface area (Å²) >= 11 is 0. The van der Waals surface area contributed by atoms with E-state index in [1.807, 2.05) is 13.0 Å². The van der Waals surface area contributed by atoms with Crippen molar-refractivity contribution >= 4 is 15.5 Å². The molecule has 0 unspecified atom stereocenters. The standard InChI is InChI=1S/C11H18N2O2S/c1-9-7-12-6-5-10(9)13-8-11(2,3)16(4,14)15/h5-7H,8H2,1-4H3,(H,12,13). The first-order valence-corrected chi connectivity index (χ1v) is 6.97. The lowest BCUT2D eigenvalue weighted by Crippen LogP contribution is -2.38. The highest BCUT2D eigenvalue weighted by molar-refractivity contribution is 7.92. The molecule has 1 N–H and O–H groups in total. The Morgan fingerprint density at radius 1 is 1.44 bits per heavy atom. The summed E-state index contributed by atoms with van der Waals surface area (Å²) in [7, 11) is -3.06. The molecule has 1 aromatic rings. The fourth-order valence-electron chi connectivity index (χ4n) is 1.11. The highest BCUT2D eigenvalue weighted by atomic mass is 32.2. The minimum absolute atomic E-state index is 0.386. The van der Waals surface area contributed by atoms with E-state index in [-0.39, 0.29) is 0 Å². The van der Waals surface area contributed by atoms with Crippen LogP contribution < -0.4 is 5.32 Å². The Kier molecular flexibility index (Phi) is 3.57. The second-order valence-electron chi connectivity index (χ2n) is 4.58. The van der Waals surface area contributed by atoms with Crippen LogP contribution in [0.4, 0.5) is 5.69 Å². The van der Waals surface area contributed by atoms with Crippen LogP contribution in [0.15, 0.2) is 18.5 Å². The number of hydrogen-bond donors (Lipinski definition) is 1. The van der Waals surface area contributed by atoms with Crippen LogP contribution in [0, 0.1) is 6.92 Å². The van der Waals surface area contributed by atoms with Gasteiger partial charge in [0.1, 0.15) is 0 Å². The van der Waals surface area contributed by atoms with Crippen molar-refractivity contribution in [3.63, 3.8) is 0 Å². The summed E-state index contributed by atoms with van der Waals surface area (Å²) in [4.78, 5) is 3.98. The van der Waals surface area contributed by atoms with E-state index in [0.29, 0.717) is 6.54 Å². The molecule has 1 aromatic heterocycles. The Morgan fingerprint density at radius 2 is 2.06 bits per heavy atom. The molecule has 0 atom stereocenters. The molecular formula is C11H18N2O2S. The Morgan fingerprint density at radius 3 is 2.56 bits per heavy atom. The molecule has 1 rings (SSSR count). The van der Waals surface area contributed by atoms with Crippen molar-refractivity contribution in [3.05, 3.63) is 24.0 Å². The van der Waals surface area contributed by atoms with Gasteiger partial charge in [-0.1, -0.05) is 0 Å². The Bertz CT molecular complexity index is 467. The van der Waals surface area contributed by atoms with Crippen molar-refractivity contribution < 1.29 is 8.42 Å². The minimum Gasteiger partial charge on any atom is -0.383 e. The van der Waals surface area contributed by atoms with E-state index in [0.717, 1.165) is 11.3 Å². The van der Waals surface area contributed by atoms with Gasteiger partial charge in [-0.3, -0.25) is 4.98 Å². The van der Waals surface area contributed by atoms with Gasteiger partial charge in [-0.25, -0.2) is 8.42 Å². The fraction of sp³-hybridized carbons (Fsp3) is 0.545. The van der Waals surface area contributed by atoms with Crippen LogP contribution in [0.25, 0.3) is 0 Å². The molecule has 0 saturated heterocycles. The van der Waals surface area contributed by atoms with Crippen LogP contribution >= 0.6 is 0 Å². The van der Waals surface area contributed by atoms with Gasteiger partial charge in [0.15, 0.2) is 9.84 Å². The molecule has 0 aliphatic rings. The highest BCUT2D eigenvalue weighted by Crippen LogP contribution is 2.18. The number of aromatic nitrogens is 1. The maximum Gasteiger partial charge on any atom is 0.154 e. The summed E-state index contributed by atoms with van der Waals surface area (Å²) in [6.07, 6.45) is 4.69. The van der Waals surface area contributed by atoms with Crippen LogP contribution in [0.1, 0.15) is 19.4 Å². The third-order valence-corrected chi connectivity index (χ3v) is 4.88. The van der Waals surface area contributed by atoms with Crippen LogP contribution in [0.3, 0.4) is 0 Å². The number of nitrogens with zero attached hydrogens (tertiary/aromatic N) is 1. The van der Waals surface area contributed by atoms with Crippen molar-refractivity contribution in [1.82, 2.24) is 4.98 Å². The molecular weight excluding hydrogens is 224 g/mol. The second kappa shape index (κ2) is 4.41. The van der Waals surface area contributed by atoms with E-state index in [1.165, 1.54) is 6.26 Å². The number of anilines is 1. The van der Waals surface area contributed by atoms with Crippen molar-refractivity contribution in [2.24, 2.45) is 0 Å². The van der Waals surface area contributed by atoms with Crippen molar-refractivity contribution in [1.29, 1.82) is 0 Å². The molecule has 0 aliphatic heterocycles. The summed E-state index contributed by atoms with van der Waals surface area (Å²) in [5, 5.41) is 3.14. The number of nitrogens with one attached hydrogen (secondary N) is 1. The lowest BCUT2D eigenvalue weighted by Gasteiger charge is -2.23. The number of pyridine rings is 1. The normalized spacial score (nSPS) is 12.5. The summed E-state index contributed by atoms with van der Waals surface area (Å²) < 4.78 is 22.2. The molecule has 90 valence electrons. The monoisotopic (exact) mass is 242 g/mol. The predicted octanol–water partition coefficient (Wildman–Crippen LogP) is 1.63. The summed E-state index contributed by atoms with van der Waals surface area (Å²) in [5.74, 6) is 0. The molecule has 0 radical (unpaired) electrons. The average molecular weight is 242 g/mol. The smallest absolute Gasteiger partial charge is 0.154 e. The van der Waals surface area contributed by atoms with Crippen molar-refractivity contribution in [3.8, 4) is 0 Å². The maximum absolute atomic E-state index is 11.5. The summed E-state index contributed by atoms with van der Waals surface area (Å²) in [5.41, 5.74) is 1.93. The minimum atomic E-state index is -3.06. The lowest BCUT2D eigenvalue weighted by atomic mass is 10.2. The van der Waals surface area contributed by atoms with Crippen LogP contribution in [-0.4, -0.2) is 30.9 Å². The van der Waals surface area contributed by atoms with Gasteiger partial charge < -0.3 is 5.32 Å². The van der Waals surface area contributed by atoms with Crippen molar-refractivity contribution in [2.75, 3.05) is 18.1 Å². The van der Waals surface area contributed by atoms with Gasteiger partial charge >= 0.3 is 0 Å². The molecule has 0 aromatic carbocycles. The first-order valence-electron chi connectivity index (χ1n) is 5.08. The lowest BCUT2D eigenvalue weighted by molar-refractivity contribution is 0.560. The molecule has 4 nitrogen and oxygen atoms in total. The zero-order valence-corrected chi connectivity index (χ0v) is 10.9. The topological polar surface area (TPSA) is 59.1 Å². The third-order valence-electron chi connectivity index (χ3n) is 2.73. The molecule has 0 saturated carbocycles. The largest absolute Gasteiger partial charge is 0.383 e. The quantitative estimate of drug-likeness (QED) is 0.871. The van der Waals surface area contributed by atoms with Crippen LogP contribution in [0.2, 0.25) is 0 Å². The first kappa shape index (κ1) is 13.0. The number of sulfone groups is 1. The SMILES string of the molecule is Cc1cnccc1NCC(C)(C)S(C)(=O)=O. The molecule has 0 fully saturated rings. The van der Waals surface area contributed by atoms with Gasteiger partial charge in [0.25, 0.3) is 0 Å². The average Bonchev–Trinajstić information content (AvgIpc) is 2.15. The van der Waals surface area contributed by atoms with Gasteiger partial charge in [0, 0.05) is 30.9 Å². The van der Waals surface area contributed by atoms with E-state index >= 15 is 0 Å². The molecule has 5 heteroatoms. The van der Waals surface area contributed by atoms with Crippen LogP contribution in [0.5, 0.6) is 0 Å². The zero-order valence-electron chi connectivity index (χ0n) is 10.1. The van der Waals surface area contributed by atoms with Gasteiger partial charge in [-0.15, -0.1) is 0 Å². The Labute approximate surface area is 97.0 Å². The van der Waals surface area contributed by atoms with E-state index in [1.54, 1.807) is 26.2 Å². The van der Waals surface area contributed by atoms with E-state index < -0.39 is 14.6 Å². The number of hydrogen-bond acceptors (Lipinski definition) is 4. The van der Waals surface area contributed by atoms with Gasteiger partial charge in [-0.05, 0) is 32.4 Å². The molecule has 0 amide bonds. The maximum atomic E-state index is 11.5. The zero-order chi connectivity index (χ0) is 12.4. The Hall–Kier alpha value is -1.10. The third kappa shape index (κ3) is 2.95. The predicted molar refractivity (Wildman–Crippen MR) is 66.4 cm³/mol. The summed E-state index contributed by atoms with van der Waals surface area (Å²) in [6, 6.07) is 1.84. The van der Waals surface area contributed by atoms with E-state index in [4.69, 9.17) is 0 Å². The Balaban J connectivity index is 2.77. The van der Waals surface area contributed by atoms with Gasteiger partial charge in [0.05, 0.1) is 4.75 Å². The second-order valence-corrected chi connectivity index (χ2v) is 7.23. The highest BCUT2D eigenvalue weighted by Gasteiger charge is 2.29. The first-order chi connectivity index (χ1) is 7.24. The molecule has 0 spiro atoms. The van der Waals surface area contributed by atoms with Crippen LogP contribution in [-0.2, 0) is 9.84 Å². The molecule has 0 bridgehead atoms. The van der Waals surface area contributed by atoms with E-state index in [9.17, 15) is 8.42 Å². The van der Waals surface area contributed by atoms with Gasteiger partial charge in [-0.2, -0.15) is 0 Å². The summed E-state index contributed by atoms with van der Waals surface area (Å²) in [6.45, 7) is 5.75. The number of rotatable bonds is 4. The van der Waals surface area contributed by atoms with E-state index in [2.05, 4.69) is 10.3 Å². The van der Waals surface area contributed by atoms with Gasteiger partial charge in [0.2, 0.25) is 0 Å². The molecule has 0 aliphatic carbocycles. The fourth-order valence-corrected chi connectivity index (χ4v) is 1.45. The number of aryl methyl sites for hydroxylation is 1. The molecule has 16 heavy (non-hydrogen) atoms.